The molecule has 128 valence electrons. The van der Waals surface area contributed by atoms with Gasteiger partial charge >= 0.3 is 5.97 Å². The molecule has 1 amide bonds. The zero-order valence-electron chi connectivity index (χ0n) is 14.1. The second kappa shape index (κ2) is 8.45. The van der Waals surface area contributed by atoms with E-state index in [9.17, 15) is 9.59 Å². The standard InChI is InChI=1S/C17H26N2O3S/c1-4-22-17(21)16-12(3)9-15(23-16)19-14(20)10-18-13-8-6-5-7-11(13)2/h9,11,13,18H,4-8,10H2,1-3H3,(H,19,20). The molecule has 2 unspecified atom stereocenters. The van der Waals surface area contributed by atoms with Crippen LogP contribution >= 0.6 is 11.3 Å². The fraction of sp³-hybridized carbons (Fsp3) is 0.647. The lowest BCUT2D eigenvalue weighted by Gasteiger charge is -2.29. The van der Waals surface area contributed by atoms with Crippen LogP contribution in [0.15, 0.2) is 6.07 Å². The first kappa shape index (κ1) is 17.9. The molecule has 0 aromatic carbocycles. The zero-order chi connectivity index (χ0) is 16.8. The Balaban J connectivity index is 1.85. The first-order chi connectivity index (χ1) is 11.0. The summed E-state index contributed by atoms with van der Waals surface area (Å²) in [4.78, 5) is 24.4. The molecule has 6 heteroatoms. The third-order valence-electron chi connectivity index (χ3n) is 4.28. The number of esters is 1. The van der Waals surface area contributed by atoms with Crippen molar-refractivity contribution in [3.8, 4) is 0 Å². The summed E-state index contributed by atoms with van der Waals surface area (Å²) in [6.07, 6.45) is 4.89. The molecule has 1 aliphatic carbocycles. The molecular weight excluding hydrogens is 312 g/mol. The van der Waals surface area contributed by atoms with Crippen LogP contribution in [0, 0.1) is 12.8 Å². The summed E-state index contributed by atoms with van der Waals surface area (Å²) in [5.41, 5.74) is 0.831. The number of amides is 1. The van der Waals surface area contributed by atoms with E-state index < -0.39 is 0 Å². The van der Waals surface area contributed by atoms with Crippen LogP contribution in [0.1, 0.15) is 54.8 Å². The average molecular weight is 338 g/mol. The predicted octanol–water partition coefficient (Wildman–Crippen LogP) is 3.34. The molecule has 0 aliphatic heterocycles. The van der Waals surface area contributed by atoms with Crippen LogP contribution in [0.25, 0.3) is 0 Å². The molecule has 1 aromatic rings. The Morgan fingerprint density at radius 3 is 2.78 bits per heavy atom. The number of rotatable bonds is 6. The average Bonchev–Trinajstić information content (AvgIpc) is 2.87. The smallest absolute Gasteiger partial charge is 0.348 e. The quantitative estimate of drug-likeness (QED) is 0.781. The maximum absolute atomic E-state index is 12.1. The number of ether oxygens (including phenoxy) is 1. The molecule has 2 N–H and O–H groups in total. The summed E-state index contributed by atoms with van der Waals surface area (Å²) in [6, 6.07) is 2.24. The Morgan fingerprint density at radius 2 is 2.09 bits per heavy atom. The van der Waals surface area contributed by atoms with E-state index in [1.165, 1.54) is 30.6 Å². The summed E-state index contributed by atoms with van der Waals surface area (Å²) in [7, 11) is 0. The van der Waals surface area contributed by atoms with E-state index >= 15 is 0 Å². The van der Waals surface area contributed by atoms with Gasteiger partial charge in [0, 0.05) is 6.04 Å². The van der Waals surface area contributed by atoms with Crippen molar-refractivity contribution >= 4 is 28.2 Å². The first-order valence-electron chi connectivity index (χ1n) is 8.32. The van der Waals surface area contributed by atoms with E-state index in [0.29, 0.717) is 35.0 Å². The molecule has 1 saturated carbocycles. The molecular formula is C17H26N2O3S. The number of anilines is 1. The monoisotopic (exact) mass is 338 g/mol. The highest BCUT2D eigenvalue weighted by Gasteiger charge is 2.21. The molecule has 2 rings (SSSR count). The Bertz CT molecular complexity index is 556. The maximum Gasteiger partial charge on any atom is 0.348 e. The number of hydrogen-bond donors (Lipinski definition) is 2. The molecule has 5 nitrogen and oxygen atoms in total. The van der Waals surface area contributed by atoms with Crippen molar-refractivity contribution in [3.63, 3.8) is 0 Å². The summed E-state index contributed by atoms with van der Waals surface area (Å²) in [6.45, 7) is 6.52. The lowest BCUT2D eigenvalue weighted by atomic mass is 9.86. The predicted molar refractivity (Wildman–Crippen MR) is 93.1 cm³/mol. The molecule has 0 saturated heterocycles. The van der Waals surface area contributed by atoms with Gasteiger partial charge in [-0.15, -0.1) is 11.3 Å². The van der Waals surface area contributed by atoms with Gasteiger partial charge in [0.15, 0.2) is 0 Å². The van der Waals surface area contributed by atoms with E-state index in [1.54, 1.807) is 6.92 Å². The van der Waals surface area contributed by atoms with Crippen LogP contribution in [-0.2, 0) is 9.53 Å². The van der Waals surface area contributed by atoms with Gasteiger partial charge in [0.05, 0.1) is 18.2 Å². The minimum atomic E-state index is -0.329. The van der Waals surface area contributed by atoms with E-state index in [-0.39, 0.29) is 11.9 Å². The second-order valence-corrected chi connectivity index (χ2v) is 7.19. The Hall–Kier alpha value is -1.40. The van der Waals surface area contributed by atoms with Crippen LogP contribution in [0.4, 0.5) is 5.00 Å². The Kier molecular flexibility index (Phi) is 6.59. The van der Waals surface area contributed by atoms with Crippen LogP contribution < -0.4 is 10.6 Å². The highest BCUT2D eigenvalue weighted by Crippen LogP contribution is 2.27. The number of thiophene rings is 1. The summed E-state index contributed by atoms with van der Waals surface area (Å²) in [5.74, 6) is 0.222. The van der Waals surface area contributed by atoms with Crippen molar-refractivity contribution in [2.75, 3.05) is 18.5 Å². The van der Waals surface area contributed by atoms with Crippen LogP contribution in [0.2, 0.25) is 0 Å². The minimum Gasteiger partial charge on any atom is -0.462 e. The Morgan fingerprint density at radius 1 is 1.35 bits per heavy atom. The molecule has 0 radical (unpaired) electrons. The normalized spacial score (nSPS) is 21.0. The van der Waals surface area contributed by atoms with E-state index in [0.717, 1.165) is 12.0 Å². The SMILES string of the molecule is CCOC(=O)c1sc(NC(=O)CNC2CCCCC2C)cc1C. The van der Waals surface area contributed by atoms with E-state index in [1.807, 2.05) is 13.0 Å². The van der Waals surface area contributed by atoms with Crippen LogP contribution in [0.5, 0.6) is 0 Å². The minimum absolute atomic E-state index is 0.0700. The van der Waals surface area contributed by atoms with Gasteiger partial charge in [0.2, 0.25) is 5.91 Å². The van der Waals surface area contributed by atoms with Gasteiger partial charge in [-0.05, 0) is 44.2 Å². The summed E-state index contributed by atoms with van der Waals surface area (Å²) < 4.78 is 5.01. The molecule has 0 bridgehead atoms. The molecule has 1 aliphatic rings. The van der Waals surface area contributed by atoms with Gasteiger partial charge in [-0.1, -0.05) is 19.8 Å². The number of carbonyl (C=O) groups is 2. The van der Waals surface area contributed by atoms with E-state index in [4.69, 9.17) is 4.74 Å². The van der Waals surface area contributed by atoms with Crippen LogP contribution in [0.3, 0.4) is 0 Å². The van der Waals surface area contributed by atoms with Crippen molar-refractivity contribution in [1.82, 2.24) is 5.32 Å². The lowest BCUT2D eigenvalue weighted by Crippen LogP contribution is -2.41. The van der Waals surface area contributed by atoms with Crippen molar-refractivity contribution in [2.45, 2.75) is 52.5 Å². The second-order valence-electron chi connectivity index (χ2n) is 6.14. The molecule has 0 spiro atoms. The lowest BCUT2D eigenvalue weighted by molar-refractivity contribution is -0.115. The van der Waals surface area contributed by atoms with Crippen molar-refractivity contribution in [3.05, 3.63) is 16.5 Å². The van der Waals surface area contributed by atoms with Gasteiger partial charge in [-0.25, -0.2) is 4.79 Å². The van der Waals surface area contributed by atoms with E-state index in [2.05, 4.69) is 17.6 Å². The fourth-order valence-electron chi connectivity index (χ4n) is 2.97. The number of aryl methyl sites for hydroxylation is 1. The van der Waals surface area contributed by atoms with Crippen molar-refractivity contribution in [1.29, 1.82) is 0 Å². The molecule has 1 heterocycles. The van der Waals surface area contributed by atoms with Crippen molar-refractivity contribution < 1.29 is 14.3 Å². The van der Waals surface area contributed by atoms with Gasteiger partial charge in [0.25, 0.3) is 0 Å². The molecule has 1 fully saturated rings. The zero-order valence-corrected chi connectivity index (χ0v) is 14.9. The third-order valence-corrected chi connectivity index (χ3v) is 5.41. The highest BCUT2D eigenvalue weighted by atomic mass is 32.1. The molecule has 1 aromatic heterocycles. The maximum atomic E-state index is 12.1. The number of hydrogen-bond acceptors (Lipinski definition) is 5. The van der Waals surface area contributed by atoms with Gasteiger partial charge in [-0.2, -0.15) is 0 Å². The van der Waals surface area contributed by atoms with Crippen molar-refractivity contribution in [2.24, 2.45) is 5.92 Å². The Labute approximate surface area is 141 Å². The first-order valence-corrected chi connectivity index (χ1v) is 9.13. The molecule has 23 heavy (non-hydrogen) atoms. The van der Waals surface area contributed by atoms with Gasteiger partial charge in [-0.3, -0.25) is 4.79 Å². The van der Waals surface area contributed by atoms with Gasteiger partial charge in [0.1, 0.15) is 4.88 Å². The fourth-order valence-corrected chi connectivity index (χ4v) is 3.95. The number of carbonyl (C=O) groups excluding carboxylic acids is 2. The molecule has 2 atom stereocenters. The number of nitrogens with one attached hydrogen (secondary N) is 2. The topological polar surface area (TPSA) is 67.4 Å². The largest absolute Gasteiger partial charge is 0.462 e. The summed E-state index contributed by atoms with van der Waals surface area (Å²) in [5, 5.41) is 6.91. The highest BCUT2D eigenvalue weighted by molar-refractivity contribution is 7.18. The third kappa shape index (κ3) is 5.04. The van der Waals surface area contributed by atoms with Crippen LogP contribution in [-0.4, -0.2) is 31.1 Å². The summed E-state index contributed by atoms with van der Waals surface area (Å²) >= 11 is 1.26. The van der Waals surface area contributed by atoms with Gasteiger partial charge < -0.3 is 15.4 Å².